The molecule has 1 heterocycles. The predicted octanol–water partition coefficient (Wildman–Crippen LogP) is 2.77. The number of pyridine rings is 1. The van der Waals surface area contributed by atoms with Crippen LogP contribution in [0.3, 0.4) is 0 Å². The fourth-order valence-electron chi connectivity index (χ4n) is 1.27. The number of aromatic nitrogens is 1. The zero-order valence-electron chi connectivity index (χ0n) is 9.98. The molecule has 0 aromatic carbocycles. The lowest BCUT2D eigenvalue weighted by atomic mass is 10.2. The molecule has 0 fully saturated rings. The number of nitrogens with one attached hydrogen (secondary N) is 1. The summed E-state index contributed by atoms with van der Waals surface area (Å²) in [5, 5.41) is -0.0248. The Morgan fingerprint density at radius 2 is 2.28 bits per heavy atom. The molecule has 1 unspecified atom stereocenters. The molecule has 0 aliphatic heterocycles. The van der Waals surface area contributed by atoms with Crippen molar-refractivity contribution in [1.29, 1.82) is 0 Å². The Morgan fingerprint density at radius 3 is 2.89 bits per heavy atom. The standard InChI is InChI=1S/C10H14BrClN2O2S2/c1-7(6-17-2)4-14-18(15,16)9-3-8(11)5-13-10(9)12/h3,5,7,14H,4,6H2,1-2H3. The van der Waals surface area contributed by atoms with Crippen LogP contribution in [0.4, 0.5) is 0 Å². The molecule has 0 saturated carbocycles. The molecule has 0 radical (unpaired) electrons. The Hall–Kier alpha value is 0.180. The highest BCUT2D eigenvalue weighted by Crippen LogP contribution is 2.22. The fraction of sp³-hybridized carbons (Fsp3) is 0.500. The second kappa shape index (κ2) is 7.09. The molecule has 4 nitrogen and oxygen atoms in total. The van der Waals surface area contributed by atoms with E-state index in [0.717, 1.165) is 5.75 Å². The topological polar surface area (TPSA) is 59.1 Å². The van der Waals surface area contributed by atoms with Crippen LogP contribution in [0.15, 0.2) is 21.6 Å². The minimum absolute atomic E-state index is 0.00473. The molecule has 1 N–H and O–H groups in total. The summed E-state index contributed by atoms with van der Waals surface area (Å²) >= 11 is 10.7. The molecule has 0 amide bonds. The summed E-state index contributed by atoms with van der Waals surface area (Å²) in [5.74, 6) is 1.15. The monoisotopic (exact) mass is 372 g/mol. The molecule has 0 aliphatic rings. The summed E-state index contributed by atoms with van der Waals surface area (Å²) < 4.78 is 27.2. The number of thioether (sulfide) groups is 1. The number of halogens is 2. The first kappa shape index (κ1) is 16.2. The predicted molar refractivity (Wildman–Crippen MR) is 79.7 cm³/mol. The molecule has 1 atom stereocenters. The fourth-order valence-corrected chi connectivity index (χ4v) is 4.06. The third-order valence-electron chi connectivity index (χ3n) is 2.14. The third kappa shape index (κ3) is 4.70. The zero-order chi connectivity index (χ0) is 13.8. The summed E-state index contributed by atoms with van der Waals surface area (Å²) in [5.41, 5.74) is 0. The SMILES string of the molecule is CSCC(C)CNS(=O)(=O)c1cc(Br)cnc1Cl. The van der Waals surface area contributed by atoms with Crippen molar-refractivity contribution in [2.45, 2.75) is 11.8 Å². The van der Waals surface area contributed by atoms with Gasteiger partial charge in [0, 0.05) is 17.2 Å². The molecule has 102 valence electrons. The highest BCUT2D eigenvalue weighted by Gasteiger charge is 2.19. The van der Waals surface area contributed by atoms with Gasteiger partial charge in [0.05, 0.1) is 0 Å². The number of hydrogen-bond donors (Lipinski definition) is 1. The number of rotatable bonds is 6. The molecular formula is C10H14BrClN2O2S2. The largest absolute Gasteiger partial charge is 0.243 e. The number of nitrogens with zero attached hydrogens (tertiary/aromatic N) is 1. The van der Waals surface area contributed by atoms with Gasteiger partial charge in [-0.1, -0.05) is 18.5 Å². The molecular weight excluding hydrogens is 360 g/mol. The molecule has 8 heteroatoms. The quantitative estimate of drug-likeness (QED) is 0.779. The molecule has 1 aromatic heterocycles. The summed E-state index contributed by atoms with van der Waals surface area (Å²) in [6, 6.07) is 1.44. The smallest absolute Gasteiger partial charge is 0.242 e. The minimum Gasteiger partial charge on any atom is -0.242 e. The van der Waals surface area contributed by atoms with Crippen molar-refractivity contribution in [2.24, 2.45) is 5.92 Å². The Kier molecular flexibility index (Phi) is 6.40. The van der Waals surface area contributed by atoms with Gasteiger partial charge in [0.2, 0.25) is 10.0 Å². The lowest BCUT2D eigenvalue weighted by Crippen LogP contribution is -2.29. The van der Waals surface area contributed by atoms with Gasteiger partial charge in [-0.25, -0.2) is 18.1 Å². The highest BCUT2D eigenvalue weighted by molar-refractivity contribution is 9.10. The van der Waals surface area contributed by atoms with Crippen LogP contribution in [0.5, 0.6) is 0 Å². The van der Waals surface area contributed by atoms with Crippen LogP contribution < -0.4 is 4.72 Å². The van der Waals surface area contributed by atoms with Gasteiger partial charge in [-0.05, 0) is 39.9 Å². The molecule has 1 aromatic rings. The number of sulfonamides is 1. The van der Waals surface area contributed by atoms with E-state index in [1.807, 2.05) is 13.2 Å². The summed E-state index contributed by atoms with van der Waals surface area (Å²) in [6.45, 7) is 2.37. The van der Waals surface area contributed by atoms with Crippen LogP contribution in [0.25, 0.3) is 0 Å². The Labute approximate surface area is 125 Å². The van der Waals surface area contributed by atoms with Crippen molar-refractivity contribution >= 4 is 49.3 Å². The second-order valence-electron chi connectivity index (χ2n) is 3.85. The Balaban J connectivity index is 2.83. The molecule has 18 heavy (non-hydrogen) atoms. The van der Waals surface area contributed by atoms with Gasteiger partial charge in [-0.15, -0.1) is 0 Å². The van der Waals surface area contributed by atoms with Crippen LogP contribution in [0, 0.1) is 5.92 Å². The summed E-state index contributed by atoms with van der Waals surface area (Å²) in [4.78, 5) is 3.80. The van der Waals surface area contributed by atoms with Gasteiger partial charge in [-0.3, -0.25) is 0 Å². The van der Waals surface area contributed by atoms with E-state index in [9.17, 15) is 8.42 Å². The van der Waals surface area contributed by atoms with Crippen LogP contribution in [-0.4, -0.2) is 32.0 Å². The van der Waals surface area contributed by atoms with Crippen molar-refractivity contribution in [1.82, 2.24) is 9.71 Å². The van der Waals surface area contributed by atoms with E-state index in [1.54, 1.807) is 11.8 Å². The first-order chi connectivity index (χ1) is 8.36. The van der Waals surface area contributed by atoms with Gasteiger partial charge >= 0.3 is 0 Å². The van der Waals surface area contributed by atoms with Crippen molar-refractivity contribution in [3.05, 3.63) is 21.9 Å². The maximum Gasteiger partial charge on any atom is 0.243 e. The molecule has 1 rings (SSSR count). The van der Waals surface area contributed by atoms with E-state index in [-0.39, 0.29) is 16.0 Å². The normalized spacial score (nSPS) is 13.6. The second-order valence-corrected chi connectivity index (χ2v) is 7.77. The van der Waals surface area contributed by atoms with E-state index in [0.29, 0.717) is 11.0 Å². The Bertz CT molecular complexity index is 511. The highest BCUT2D eigenvalue weighted by atomic mass is 79.9. The lowest BCUT2D eigenvalue weighted by molar-refractivity contribution is 0.562. The van der Waals surface area contributed by atoms with Crippen molar-refractivity contribution in [2.75, 3.05) is 18.6 Å². The van der Waals surface area contributed by atoms with Crippen LogP contribution in [0.1, 0.15) is 6.92 Å². The Morgan fingerprint density at radius 1 is 1.61 bits per heavy atom. The summed E-state index contributed by atoms with van der Waals surface area (Å²) in [6.07, 6.45) is 3.44. The molecule has 0 saturated heterocycles. The first-order valence-corrected chi connectivity index (χ1v) is 9.21. The molecule has 0 aliphatic carbocycles. The van der Waals surface area contributed by atoms with E-state index < -0.39 is 10.0 Å². The van der Waals surface area contributed by atoms with Gasteiger partial charge < -0.3 is 0 Å². The number of hydrogen-bond acceptors (Lipinski definition) is 4. The maximum atomic E-state index is 12.1. The zero-order valence-corrected chi connectivity index (χ0v) is 14.0. The minimum atomic E-state index is -3.61. The molecule has 0 spiro atoms. The average Bonchev–Trinajstić information content (AvgIpc) is 2.30. The van der Waals surface area contributed by atoms with Crippen molar-refractivity contribution in [3.63, 3.8) is 0 Å². The van der Waals surface area contributed by atoms with Crippen molar-refractivity contribution in [3.8, 4) is 0 Å². The average molecular weight is 374 g/mol. The lowest BCUT2D eigenvalue weighted by Gasteiger charge is -2.12. The van der Waals surface area contributed by atoms with E-state index in [4.69, 9.17) is 11.6 Å². The van der Waals surface area contributed by atoms with Gasteiger partial charge in [-0.2, -0.15) is 11.8 Å². The van der Waals surface area contributed by atoms with Gasteiger partial charge in [0.1, 0.15) is 10.0 Å². The van der Waals surface area contributed by atoms with Gasteiger partial charge in [0.25, 0.3) is 0 Å². The summed E-state index contributed by atoms with van der Waals surface area (Å²) in [7, 11) is -3.61. The maximum absolute atomic E-state index is 12.1. The van der Waals surface area contributed by atoms with E-state index in [1.165, 1.54) is 12.3 Å². The van der Waals surface area contributed by atoms with Crippen LogP contribution in [0.2, 0.25) is 5.15 Å². The van der Waals surface area contributed by atoms with Crippen LogP contribution >= 0.6 is 39.3 Å². The van der Waals surface area contributed by atoms with E-state index in [2.05, 4.69) is 25.6 Å². The molecule has 0 bridgehead atoms. The van der Waals surface area contributed by atoms with Crippen molar-refractivity contribution < 1.29 is 8.42 Å². The van der Waals surface area contributed by atoms with E-state index >= 15 is 0 Å². The first-order valence-electron chi connectivity index (χ1n) is 5.16. The van der Waals surface area contributed by atoms with Gasteiger partial charge in [0.15, 0.2) is 0 Å². The third-order valence-corrected chi connectivity index (χ3v) is 5.32. The van der Waals surface area contributed by atoms with Crippen LogP contribution in [-0.2, 0) is 10.0 Å².